The van der Waals surface area contributed by atoms with Gasteiger partial charge in [-0.3, -0.25) is 0 Å². The first-order valence-corrected chi connectivity index (χ1v) is 5.53. The summed E-state index contributed by atoms with van der Waals surface area (Å²) in [6.07, 6.45) is -0.226. The minimum Gasteiger partial charge on any atom is -0.478 e. The van der Waals surface area contributed by atoms with E-state index in [9.17, 15) is 9.18 Å². The summed E-state index contributed by atoms with van der Waals surface area (Å²) >= 11 is 0. The lowest BCUT2D eigenvalue weighted by Gasteiger charge is -2.21. The molecule has 4 heteroatoms. The van der Waals surface area contributed by atoms with Crippen LogP contribution in [0.1, 0.15) is 26.3 Å². The predicted octanol–water partition coefficient (Wildman–Crippen LogP) is 2.47. The Hall–Kier alpha value is -1.58. The van der Waals surface area contributed by atoms with E-state index in [0.29, 0.717) is 12.2 Å². The molecule has 17 heavy (non-hydrogen) atoms. The van der Waals surface area contributed by atoms with Gasteiger partial charge in [0.05, 0.1) is 0 Å². The van der Waals surface area contributed by atoms with Gasteiger partial charge in [0.1, 0.15) is 17.2 Å². The Bertz CT molecular complexity index is 448. The Morgan fingerprint density at radius 2 is 2.18 bits per heavy atom. The van der Waals surface area contributed by atoms with Crippen LogP contribution in [0, 0.1) is 5.82 Å². The SMILES string of the molecule is CC(C)(C)OC(=O)C1Cc2ccc(F)cc2O1. The van der Waals surface area contributed by atoms with Crippen molar-refractivity contribution in [1.29, 1.82) is 0 Å². The molecule has 1 heterocycles. The van der Waals surface area contributed by atoms with Crippen LogP contribution in [-0.2, 0) is 16.0 Å². The van der Waals surface area contributed by atoms with Crippen molar-refractivity contribution in [1.82, 2.24) is 0 Å². The first kappa shape index (κ1) is 11.9. The minimum atomic E-state index is -0.661. The summed E-state index contributed by atoms with van der Waals surface area (Å²) in [6, 6.07) is 4.29. The number of ether oxygens (including phenoxy) is 2. The summed E-state index contributed by atoms with van der Waals surface area (Å²) in [5.41, 5.74) is 0.294. The normalized spacial score (nSPS) is 18.5. The highest BCUT2D eigenvalue weighted by atomic mass is 19.1. The Morgan fingerprint density at radius 3 is 2.82 bits per heavy atom. The Balaban J connectivity index is 2.07. The van der Waals surface area contributed by atoms with Crippen LogP contribution in [0.5, 0.6) is 5.75 Å². The molecule has 0 amide bonds. The van der Waals surface area contributed by atoms with Crippen molar-refractivity contribution < 1.29 is 18.7 Å². The summed E-state index contributed by atoms with van der Waals surface area (Å²) < 4.78 is 23.6. The summed E-state index contributed by atoms with van der Waals surface area (Å²) in [4.78, 5) is 11.8. The molecular weight excluding hydrogens is 223 g/mol. The number of carbonyl (C=O) groups excluding carboxylic acids is 1. The highest BCUT2D eigenvalue weighted by Crippen LogP contribution is 2.30. The van der Waals surface area contributed by atoms with E-state index in [1.807, 2.05) is 0 Å². The molecule has 0 fully saturated rings. The highest BCUT2D eigenvalue weighted by molar-refractivity contribution is 5.77. The summed E-state index contributed by atoms with van der Waals surface area (Å²) in [6.45, 7) is 5.39. The van der Waals surface area contributed by atoms with E-state index in [1.165, 1.54) is 12.1 Å². The van der Waals surface area contributed by atoms with Crippen LogP contribution in [0.4, 0.5) is 4.39 Å². The van der Waals surface area contributed by atoms with Crippen molar-refractivity contribution in [2.45, 2.75) is 38.9 Å². The second-order valence-corrected chi connectivity index (χ2v) is 5.10. The number of hydrogen-bond acceptors (Lipinski definition) is 3. The molecule has 1 atom stereocenters. The monoisotopic (exact) mass is 238 g/mol. The smallest absolute Gasteiger partial charge is 0.348 e. The molecule has 2 rings (SSSR count). The summed E-state index contributed by atoms with van der Waals surface area (Å²) in [7, 11) is 0. The molecule has 0 spiro atoms. The quantitative estimate of drug-likeness (QED) is 0.705. The number of carbonyl (C=O) groups is 1. The van der Waals surface area contributed by atoms with E-state index in [2.05, 4.69) is 0 Å². The molecule has 1 aliphatic heterocycles. The third kappa shape index (κ3) is 2.75. The summed E-state index contributed by atoms with van der Waals surface area (Å²) in [5.74, 6) is -0.344. The van der Waals surface area contributed by atoms with Crippen LogP contribution >= 0.6 is 0 Å². The Labute approximate surface area is 99.5 Å². The van der Waals surface area contributed by atoms with Crippen LogP contribution < -0.4 is 4.74 Å². The number of rotatable bonds is 1. The van der Waals surface area contributed by atoms with Crippen molar-refractivity contribution in [3.8, 4) is 5.75 Å². The number of halogens is 1. The zero-order valence-corrected chi connectivity index (χ0v) is 10.1. The molecule has 1 aromatic carbocycles. The van der Waals surface area contributed by atoms with Gasteiger partial charge >= 0.3 is 5.97 Å². The van der Waals surface area contributed by atoms with Gasteiger partial charge in [-0.2, -0.15) is 0 Å². The number of esters is 1. The average molecular weight is 238 g/mol. The van der Waals surface area contributed by atoms with Gasteiger partial charge in [0, 0.05) is 12.5 Å². The van der Waals surface area contributed by atoms with Gasteiger partial charge < -0.3 is 9.47 Å². The second kappa shape index (κ2) is 4.02. The maximum Gasteiger partial charge on any atom is 0.348 e. The molecule has 0 N–H and O–H groups in total. The summed E-state index contributed by atoms with van der Waals surface area (Å²) in [5, 5.41) is 0. The van der Waals surface area contributed by atoms with Crippen LogP contribution in [0.25, 0.3) is 0 Å². The maximum atomic E-state index is 13.0. The first-order chi connectivity index (χ1) is 7.85. The molecule has 0 bridgehead atoms. The van der Waals surface area contributed by atoms with E-state index in [0.717, 1.165) is 5.56 Å². The lowest BCUT2D eigenvalue weighted by Crippen LogP contribution is -2.34. The predicted molar refractivity (Wildman–Crippen MR) is 60.4 cm³/mol. The van der Waals surface area contributed by atoms with Crippen molar-refractivity contribution >= 4 is 5.97 Å². The molecule has 0 radical (unpaired) electrons. The van der Waals surface area contributed by atoms with Crippen molar-refractivity contribution in [3.05, 3.63) is 29.6 Å². The maximum absolute atomic E-state index is 13.0. The molecule has 0 aliphatic carbocycles. The molecule has 92 valence electrons. The fourth-order valence-electron chi connectivity index (χ4n) is 1.70. The molecule has 1 aliphatic rings. The molecule has 3 nitrogen and oxygen atoms in total. The lowest BCUT2D eigenvalue weighted by atomic mass is 10.1. The third-order valence-corrected chi connectivity index (χ3v) is 2.37. The van der Waals surface area contributed by atoms with Crippen LogP contribution in [0.15, 0.2) is 18.2 Å². The minimum absolute atomic E-state index is 0.367. The number of benzene rings is 1. The largest absolute Gasteiger partial charge is 0.478 e. The second-order valence-electron chi connectivity index (χ2n) is 5.10. The van der Waals surface area contributed by atoms with E-state index in [4.69, 9.17) is 9.47 Å². The standard InChI is InChI=1S/C13H15FO3/c1-13(2,3)17-12(15)11-6-8-4-5-9(14)7-10(8)16-11/h4-5,7,11H,6H2,1-3H3. The van der Waals surface area contributed by atoms with Crippen LogP contribution in [-0.4, -0.2) is 17.7 Å². The lowest BCUT2D eigenvalue weighted by molar-refractivity contribution is -0.162. The molecular formula is C13H15FO3. The van der Waals surface area contributed by atoms with Crippen molar-refractivity contribution in [2.24, 2.45) is 0 Å². The molecule has 1 unspecified atom stereocenters. The fraction of sp³-hybridized carbons (Fsp3) is 0.462. The number of hydrogen-bond donors (Lipinski definition) is 0. The Kier molecular flexibility index (Phi) is 2.81. The van der Waals surface area contributed by atoms with Gasteiger partial charge in [0.15, 0.2) is 6.10 Å². The van der Waals surface area contributed by atoms with Crippen LogP contribution in [0.3, 0.4) is 0 Å². The van der Waals surface area contributed by atoms with Crippen molar-refractivity contribution in [2.75, 3.05) is 0 Å². The van der Waals surface area contributed by atoms with Gasteiger partial charge in [-0.05, 0) is 32.4 Å². The van der Waals surface area contributed by atoms with Gasteiger partial charge in [-0.25, -0.2) is 9.18 Å². The van der Waals surface area contributed by atoms with E-state index in [-0.39, 0.29) is 5.82 Å². The van der Waals surface area contributed by atoms with Crippen molar-refractivity contribution in [3.63, 3.8) is 0 Å². The van der Waals surface area contributed by atoms with Gasteiger partial charge in [-0.1, -0.05) is 6.07 Å². The topological polar surface area (TPSA) is 35.5 Å². The first-order valence-electron chi connectivity index (χ1n) is 5.53. The average Bonchev–Trinajstić information content (AvgIpc) is 2.57. The zero-order valence-electron chi connectivity index (χ0n) is 10.1. The fourth-order valence-corrected chi connectivity index (χ4v) is 1.70. The van der Waals surface area contributed by atoms with E-state index in [1.54, 1.807) is 26.8 Å². The third-order valence-electron chi connectivity index (χ3n) is 2.37. The highest BCUT2D eigenvalue weighted by Gasteiger charge is 2.32. The van der Waals surface area contributed by atoms with E-state index < -0.39 is 17.7 Å². The van der Waals surface area contributed by atoms with Gasteiger partial charge in [0.2, 0.25) is 0 Å². The Morgan fingerprint density at radius 1 is 1.47 bits per heavy atom. The number of fused-ring (bicyclic) bond motifs is 1. The van der Waals surface area contributed by atoms with Gasteiger partial charge in [0.25, 0.3) is 0 Å². The van der Waals surface area contributed by atoms with Crippen LogP contribution in [0.2, 0.25) is 0 Å². The van der Waals surface area contributed by atoms with E-state index >= 15 is 0 Å². The molecule has 0 saturated carbocycles. The molecule has 0 saturated heterocycles. The van der Waals surface area contributed by atoms with Gasteiger partial charge in [-0.15, -0.1) is 0 Å². The zero-order chi connectivity index (χ0) is 12.6. The molecule has 0 aromatic heterocycles. The molecule has 1 aromatic rings.